The van der Waals surface area contributed by atoms with E-state index in [9.17, 15) is 4.79 Å². The molecule has 5 heteroatoms. The van der Waals surface area contributed by atoms with Gasteiger partial charge in [0.05, 0.1) is 0 Å². The van der Waals surface area contributed by atoms with Gasteiger partial charge in [-0.3, -0.25) is 4.79 Å². The predicted molar refractivity (Wildman–Crippen MR) is 69.9 cm³/mol. The van der Waals surface area contributed by atoms with Crippen molar-refractivity contribution in [2.24, 2.45) is 0 Å². The third-order valence-electron chi connectivity index (χ3n) is 2.84. The summed E-state index contributed by atoms with van der Waals surface area (Å²) < 4.78 is 0.880. The fraction of sp³-hybridized carbons (Fsp3) is 0.500. The summed E-state index contributed by atoms with van der Waals surface area (Å²) in [6, 6.07) is 3.77. The number of amides is 1. The molecular formula is C12H16BrN3O. The molecular weight excluding hydrogens is 282 g/mol. The molecule has 1 amide bonds. The molecule has 1 aliphatic heterocycles. The van der Waals surface area contributed by atoms with E-state index in [1.54, 1.807) is 12.3 Å². The zero-order valence-electron chi connectivity index (χ0n) is 9.58. The number of carbonyl (C=O) groups excluding carboxylic acids is 1. The van der Waals surface area contributed by atoms with Gasteiger partial charge in [-0.15, -0.1) is 0 Å². The third-order valence-corrected chi connectivity index (χ3v) is 3.31. The Balaban J connectivity index is 1.93. The lowest BCUT2D eigenvalue weighted by molar-refractivity contribution is 0.0930. The average molecular weight is 298 g/mol. The Morgan fingerprint density at radius 3 is 3.12 bits per heavy atom. The molecule has 2 heterocycles. The summed E-state index contributed by atoms with van der Waals surface area (Å²) in [4.78, 5) is 16.0. The Hall–Kier alpha value is -0.940. The Kier molecular flexibility index (Phi) is 4.50. The first-order valence-electron chi connectivity index (χ1n) is 5.89. The van der Waals surface area contributed by atoms with Crippen LogP contribution in [0.5, 0.6) is 0 Å². The molecule has 1 atom stereocenters. The van der Waals surface area contributed by atoms with Crippen molar-refractivity contribution in [1.29, 1.82) is 0 Å². The van der Waals surface area contributed by atoms with Crippen LogP contribution in [0.2, 0.25) is 0 Å². The van der Waals surface area contributed by atoms with Crippen molar-refractivity contribution in [2.75, 3.05) is 13.1 Å². The zero-order chi connectivity index (χ0) is 12.1. The molecule has 1 fully saturated rings. The topological polar surface area (TPSA) is 54.0 Å². The summed E-state index contributed by atoms with van der Waals surface area (Å²) in [5.74, 6) is -0.0915. The van der Waals surface area contributed by atoms with E-state index in [2.05, 4.69) is 31.5 Å². The number of hydrogen-bond acceptors (Lipinski definition) is 3. The smallest absolute Gasteiger partial charge is 0.270 e. The van der Waals surface area contributed by atoms with Gasteiger partial charge in [-0.05, 0) is 47.4 Å². The molecule has 0 spiro atoms. The number of carbonyl (C=O) groups is 1. The standard InChI is InChI=1S/C12H16BrN3O/c13-9-4-5-11(15-7-9)12(17)16-10-3-1-2-6-14-8-10/h4-5,7,10,14H,1-3,6,8H2,(H,16,17). The molecule has 2 rings (SSSR count). The van der Waals surface area contributed by atoms with Crippen molar-refractivity contribution in [3.8, 4) is 0 Å². The molecule has 0 saturated carbocycles. The number of nitrogens with zero attached hydrogens (tertiary/aromatic N) is 1. The van der Waals surface area contributed by atoms with Gasteiger partial charge in [-0.2, -0.15) is 0 Å². The molecule has 1 aromatic rings. The minimum absolute atomic E-state index is 0.0915. The molecule has 92 valence electrons. The lowest BCUT2D eigenvalue weighted by Crippen LogP contribution is -2.41. The van der Waals surface area contributed by atoms with Crippen LogP contribution in [0.4, 0.5) is 0 Å². The highest BCUT2D eigenvalue weighted by atomic mass is 79.9. The average Bonchev–Trinajstić information content (AvgIpc) is 2.58. The first kappa shape index (κ1) is 12.5. The Morgan fingerprint density at radius 2 is 2.35 bits per heavy atom. The number of aromatic nitrogens is 1. The molecule has 0 bridgehead atoms. The summed E-state index contributed by atoms with van der Waals surface area (Å²) >= 11 is 3.30. The van der Waals surface area contributed by atoms with Gasteiger partial charge in [0.2, 0.25) is 0 Å². The third kappa shape index (κ3) is 3.78. The lowest BCUT2D eigenvalue weighted by Gasteiger charge is -2.15. The molecule has 1 unspecified atom stereocenters. The van der Waals surface area contributed by atoms with Crippen LogP contribution in [0.25, 0.3) is 0 Å². The minimum atomic E-state index is -0.0915. The van der Waals surface area contributed by atoms with E-state index in [-0.39, 0.29) is 11.9 Å². The highest BCUT2D eigenvalue weighted by Gasteiger charge is 2.15. The molecule has 1 aromatic heterocycles. The normalized spacial score (nSPS) is 20.6. The van der Waals surface area contributed by atoms with E-state index in [0.29, 0.717) is 5.69 Å². The predicted octanol–water partition coefficient (Wildman–Crippen LogP) is 1.72. The van der Waals surface area contributed by atoms with E-state index in [1.165, 1.54) is 6.42 Å². The molecule has 0 aliphatic carbocycles. The Morgan fingerprint density at radius 1 is 1.47 bits per heavy atom. The van der Waals surface area contributed by atoms with Crippen LogP contribution < -0.4 is 10.6 Å². The molecule has 1 aliphatic rings. The summed E-state index contributed by atoms with van der Waals surface area (Å²) in [5.41, 5.74) is 0.470. The largest absolute Gasteiger partial charge is 0.347 e. The second-order valence-corrected chi connectivity index (χ2v) is 5.15. The Bertz CT molecular complexity index is 372. The van der Waals surface area contributed by atoms with Crippen molar-refractivity contribution >= 4 is 21.8 Å². The highest BCUT2D eigenvalue weighted by Crippen LogP contribution is 2.08. The number of nitrogens with one attached hydrogen (secondary N) is 2. The second-order valence-electron chi connectivity index (χ2n) is 4.23. The van der Waals surface area contributed by atoms with Gasteiger partial charge in [0, 0.05) is 23.3 Å². The summed E-state index contributed by atoms with van der Waals surface area (Å²) in [5, 5.41) is 6.34. The van der Waals surface area contributed by atoms with Crippen molar-refractivity contribution in [3.05, 3.63) is 28.5 Å². The van der Waals surface area contributed by atoms with E-state index < -0.39 is 0 Å². The van der Waals surface area contributed by atoms with Crippen LogP contribution >= 0.6 is 15.9 Å². The molecule has 4 nitrogen and oxygen atoms in total. The van der Waals surface area contributed by atoms with Crippen LogP contribution in [-0.2, 0) is 0 Å². The van der Waals surface area contributed by atoms with E-state index in [4.69, 9.17) is 0 Å². The number of pyridine rings is 1. The lowest BCUT2D eigenvalue weighted by atomic mass is 10.1. The fourth-order valence-electron chi connectivity index (χ4n) is 1.91. The van der Waals surface area contributed by atoms with Crippen molar-refractivity contribution in [3.63, 3.8) is 0 Å². The van der Waals surface area contributed by atoms with Gasteiger partial charge < -0.3 is 10.6 Å². The van der Waals surface area contributed by atoms with E-state index >= 15 is 0 Å². The zero-order valence-corrected chi connectivity index (χ0v) is 11.2. The second kappa shape index (κ2) is 6.12. The van der Waals surface area contributed by atoms with Crippen LogP contribution in [0.15, 0.2) is 22.8 Å². The first-order valence-corrected chi connectivity index (χ1v) is 6.68. The SMILES string of the molecule is O=C(NC1CCCCNC1)c1ccc(Br)cn1. The number of rotatable bonds is 2. The van der Waals surface area contributed by atoms with Crippen LogP contribution in [-0.4, -0.2) is 30.0 Å². The van der Waals surface area contributed by atoms with Gasteiger partial charge in [0.1, 0.15) is 5.69 Å². The van der Waals surface area contributed by atoms with Gasteiger partial charge in [-0.1, -0.05) is 6.42 Å². The molecule has 1 saturated heterocycles. The van der Waals surface area contributed by atoms with Crippen LogP contribution in [0, 0.1) is 0 Å². The van der Waals surface area contributed by atoms with Crippen molar-refractivity contribution in [1.82, 2.24) is 15.6 Å². The maximum absolute atomic E-state index is 11.9. The maximum atomic E-state index is 11.9. The van der Waals surface area contributed by atoms with Gasteiger partial charge in [0.15, 0.2) is 0 Å². The van der Waals surface area contributed by atoms with Crippen LogP contribution in [0.3, 0.4) is 0 Å². The summed E-state index contributed by atoms with van der Waals surface area (Å²) in [7, 11) is 0. The summed E-state index contributed by atoms with van der Waals surface area (Å²) in [6.07, 6.45) is 5.02. The maximum Gasteiger partial charge on any atom is 0.270 e. The monoisotopic (exact) mass is 297 g/mol. The van der Waals surface area contributed by atoms with Crippen molar-refractivity contribution in [2.45, 2.75) is 25.3 Å². The van der Waals surface area contributed by atoms with Gasteiger partial charge in [0.25, 0.3) is 5.91 Å². The van der Waals surface area contributed by atoms with Gasteiger partial charge >= 0.3 is 0 Å². The Labute approximate surface area is 109 Å². The summed E-state index contributed by atoms with van der Waals surface area (Å²) in [6.45, 7) is 1.89. The van der Waals surface area contributed by atoms with E-state index in [1.807, 2.05) is 6.07 Å². The fourth-order valence-corrected chi connectivity index (χ4v) is 2.15. The van der Waals surface area contributed by atoms with E-state index in [0.717, 1.165) is 30.4 Å². The molecule has 17 heavy (non-hydrogen) atoms. The molecule has 0 radical (unpaired) electrons. The molecule has 2 N–H and O–H groups in total. The quantitative estimate of drug-likeness (QED) is 0.874. The molecule has 0 aromatic carbocycles. The van der Waals surface area contributed by atoms with Gasteiger partial charge in [-0.25, -0.2) is 4.98 Å². The van der Waals surface area contributed by atoms with Crippen molar-refractivity contribution < 1.29 is 4.79 Å². The van der Waals surface area contributed by atoms with Crippen LogP contribution in [0.1, 0.15) is 29.8 Å². The number of hydrogen-bond donors (Lipinski definition) is 2. The minimum Gasteiger partial charge on any atom is -0.347 e. The highest BCUT2D eigenvalue weighted by molar-refractivity contribution is 9.10. The first-order chi connectivity index (χ1) is 8.25. The number of halogens is 1.